The van der Waals surface area contributed by atoms with Crippen molar-refractivity contribution in [1.29, 1.82) is 0 Å². The van der Waals surface area contributed by atoms with Crippen molar-refractivity contribution in [2.24, 2.45) is 0 Å². The van der Waals surface area contributed by atoms with Crippen LogP contribution in [0, 0.1) is 0 Å². The molecular weight excluding hydrogens is 236 g/mol. The summed E-state index contributed by atoms with van der Waals surface area (Å²) in [6.07, 6.45) is 1.96. The van der Waals surface area contributed by atoms with Gasteiger partial charge in [0.2, 0.25) is 0 Å². The summed E-state index contributed by atoms with van der Waals surface area (Å²) in [5, 5.41) is 0. The Balaban J connectivity index is 1.75. The van der Waals surface area contributed by atoms with Crippen molar-refractivity contribution < 1.29 is 0 Å². The number of aryl methyl sites for hydroxylation is 2. The van der Waals surface area contributed by atoms with Gasteiger partial charge in [0.1, 0.15) is 0 Å². The quantitative estimate of drug-likeness (QED) is 0.761. The number of hydrogen-bond acceptors (Lipinski definition) is 1. The van der Waals surface area contributed by atoms with E-state index in [1.165, 1.54) is 5.56 Å². The molecule has 19 heavy (non-hydrogen) atoms. The molecule has 1 N–H and O–H groups in total. The fraction of sp³-hybridized carbons (Fsp3) is 0.188. The van der Waals surface area contributed by atoms with E-state index in [-0.39, 0.29) is 5.69 Å². The SMILES string of the molecule is O=c1[nH]c2ccccc2n1CCCc1ccccc1. The molecule has 0 saturated carbocycles. The summed E-state index contributed by atoms with van der Waals surface area (Å²) < 4.78 is 1.82. The van der Waals surface area contributed by atoms with Crippen molar-refractivity contribution in [2.45, 2.75) is 19.4 Å². The first-order chi connectivity index (χ1) is 9.34. The molecule has 96 valence electrons. The highest BCUT2D eigenvalue weighted by molar-refractivity contribution is 5.74. The van der Waals surface area contributed by atoms with Gasteiger partial charge in [-0.3, -0.25) is 4.57 Å². The van der Waals surface area contributed by atoms with Crippen LogP contribution in [0.5, 0.6) is 0 Å². The number of hydrogen-bond donors (Lipinski definition) is 1. The normalized spacial score (nSPS) is 10.9. The van der Waals surface area contributed by atoms with E-state index >= 15 is 0 Å². The van der Waals surface area contributed by atoms with E-state index in [2.05, 4.69) is 17.1 Å². The maximum atomic E-state index is 11.9. The first kappa shape index (κ1) is 11.8. The van der Waals surface area contributed by atoms with Gasteiger partial charge in [0.05, 0.1) is 11.0 Å². The molecule has 0 aliphatic rings. The first-order valence-corrected chi connectivity index (χ1v) is 6.56. The molecule has 0 aliphatic heterocycles. The predicted octanol–water partition coefficient (Wildman–Crippen LogP) is 2.96. The Kier molecular flexibility index (Phi) is 3.19. The maximum absolute atomic E-state index is 11.9. The molecule has 3 rings (SSSR count). The fourth-order valence-corrected chi connectivity index (χ4v) is 2.41. The number of rotatable bonds is 4. The third-order valence-corrected chi connectivity index (χ3v) is 3.37. The molecule has 1 heterocycles. The van der Waals surface area contributed by atoms with E-state index in [1.54, 1.807) is 0 Å². The number of nitrogens with one attached hydrogen (secondary N) is 1. The van der Waals surface area contributed by atoms with Gasteiger partial charge in [-0.05, 0) is 30.5 Å². The Hall–Kier alpha value is -2.29. The lowest BCUT2D eigenvalue weighted by atomic mass is 10.1. The summed E-state index contributed by atoms with van der Waals surface area (Å²) in [4.78, 5) is 14.8. The van der Waals surface area contributed by atoms with Gasteiger partial charge in [0.15, 0.2) is 0 Å². The van der Waals surface area contributed by atoms with Crippen LogP contribution in [0.15, 0.2) is 59.4 Å². The molecule has 0 unspecified atom stereocenters. The molecular formula is C16H16N2O. The molecule has 0 aliphatic carbocycles. The van der Waals surface area contributed by atoms with E-state index in [4.69, 9.17) is 0 Å². The molecule has 0 spiro atoms. The highest BCUT2D eigenvalue weighted by atomic mass is 16.1. The Bertz CT molecular complexity index is 725. The minimum atomic E-state index is -0.0192. The molecule has 3 heteroatoms. The largest absolute Gasteiger partial charge is 0.326 e. The van der Waals surface area contributed by atoms with E-state index in [0.29, 0.717) is 0 Å². The predicted molar refractivity (Wildman–Crippen MR) is 77.3 cm³/mol. The monoisotopic (exact) mass is 252 g/mol. The second-order valence-corrected chi connectivity index (χ2v) is 4.69. The second-order valence-electron chi connectivity index (χ2n) is 4.69. The molecule has 3 nitrogen and oxygen atoms in total. The lowest BCUT2D eigenvalue weighted by Gasteiger charge is -2.03. The van der Waals surface area contributed by atoms with E-state index in [1.807, 2.05) is 47.0 Å². The van der Waals surface area contributed by atoms with Crippen molar-refractivity contribution in [3.05, 3.63) is 70.6 Å². The van der Waals surface area contributed by atoms with Crippen LogP contribution in [-0.2, 0) is 13.0 Å². The highest BCUT2D eigenvalue weighted by Crippen LogP contribution is 2.10. The summed E-state index contributed by atoms with van der Waals surface area (Å²) >= 11 is 0. The van der Waals surface area contributed by atoms with Crippen LogP contribution in [-0.4, -0.2) is 9.55 Å². The van der Waals surface area contributed by atoms with Gasteiger partial charge in [-0.1, -0.05) is 42.5 Å². The summed E-state index contributed by atoms with van der Waals surface area (Å²) in [5.41, 5.74) is 3.19. The molecule has 0 radical (unpaired) electrons. The van der Waals surface area contributed by atoms with Gasteiger partial charge in [-0.2, -0.15) is 0 Å². The number of H-pyrrole nitrogens is 1. The summed E-state index contributed by atoms with van der Waals surface area (Å²) in [6, 6.07) is 18.2. The molecule has 1 aromatic heterocycles. The Morgan fingerprint density at radius 3 is 2.53 bits per heavy atom. The first-order valence-electron chi connectivity index (χ1n) is 6.56. The third kappa shape index (κ3) is 2.45. The van der Waals surface area contributed by atoms with Gasteiger partial charge >= 0.3 is 5.69 Å². The number of nitrogens with zero attached hydrogens (tertiary/aromatic N) is 1. The van der Waals surface area contributed by atoms with Crippen molar-refractivity contribution in [3.63, 3.8) is 0 Å². The van der Waals surface area contributed by atoms with Crippen LogP contribution in [0.25, 0.3) is 11.0 Å². The zero-order valence-electron chi connectivity index (χ0n) is 10.7. The molecule has 0 bridgehead atoms. The number of aromatic amines is 1. The summed E-state index contributed by atoms with van der Waals surface area (Å²) in [7, 11) is 0. The molecule has 0 saturated heterocycles. The fourth-order valence-electron chi connectivity index (χ4n) is 2.41. The van der Waals surface area contributed by atoms with Crippen LogP contribution in [0.1, 0.15) is 12.0 Å². The van der Waals surface area contributed by atoms with Gasteiger partial charge in [-0.15, -0.1) is 0 Å². The van der Waals surface area contributed by atoms with Gasteiger partial charge < -0.3 is 4.98 Å². The Morgan fingerprint density at radius 2 is 1.68 bits per heavy atom. The van der Waals surface area contributed by atoms with Gasteiger partial charge in [0, 0.05) is 6.54 Å². The number of fused-ring (bicyclic) bond motifs is 1. The molecule has 2 aromatic carbocycles. The topological polar surface area (TPSA) is 37.8 Å². The van der Waals surface area contributed by atoms with Crippen molar-refractivity contribution in [3.8, 4) is 0 Å². The van der Waals surface area contributed by atoms with E-state index in [0.717, 1.165) is 30.4 Å². The standard InChI is InChI=1S/C16H16N2O/c19-16-17-14-10-4-5-11-15(14)18(16)12-6-9-13-7-2-1-3-8-13/h1-5,7-8,10-11H,6,9,12H2,(H,17,19). The Morgan fingerprint density at radius 1 is 0.947 bits per heavy atom. The van der Waals surface area contributed by atoms with Crippen molar-refractivity contribution >= 4 is 11.0 Å². The molecule has 0 amide bonds. The second kappa shape index (κ2) is 5.14. The van der Waals surface area contributed by atoms with Crippen molar-refractivity contribution in [2.75, 3.05) is 0 Å². The van der Waals surface area contributed by atoms with Crippen LogP contribution >= 0.6 is 0 Å². The average molecular weight is 252 g/mol. The number of aromatic nitrogens is 2. The molecule has 0 atom stereocenters. The van der Waals surface area contributed by atoms with Crippen molar-refractivity contribution in [1.82, 2.24) is 9.55 Å². The number of benzene rings is 2. The molecule has 3 aromatic rings. The van der Waals surface area contributed by atoms with Gasteiger partial charge in [-0.25, -0.2) is 4.79 Å². The number of imidazole rings is 1. The maximum Gasteiger partial charge on any atom is 0.326 e. The molecule has 0 fully saturated rings. The summed E-state index contributed by atoms with van der Waals surface area (Å²) in [5.74, 6) is 0. The lowest BCUT2D eigenvalue weighted by Crippen LogP contribution is -2.17. The lowest BCUT2D eigenvalue weighted by molar-refractivity contribution is 0.639. The van der Waals surface area contributed by atoms with Gasteiger partial charge in [0.25, 0.3) is 0 Å². The average Bonchev–Trinajstić information content (AvgIpc) is 2.76. The highest BCUT2D eigenvalue weighted by Gasteiger charge is 2.05. The minimum absolute atomic E-state index is 0.0192. The van der Waals surface area contributed by atoms with Crippen LogP contribution in [0.4, 0.5) is 0 Å². The minimum Gasteiger partial charge on any atom is -0.306 e. The van der Waals surface area contributed by atoms with E-state index < -0.39 is 0 Å². The van der Waals surface area contributed by atoms with Crippen LogP contribution in [0.2, 0.25) is 0 Å². The number of para-hydroxylation sites is 2. The zero-order valence-corrected chi connectivity index (χ0v) is 10.7. The van der Waals surface area contributed by atoms with E-state index in [9.17, 15) is 4.79 Å². The smallest absolute Gasteiger partial charge is 0.306 e. The third-order valence-electron chi connectivity index (χ3n) is 3.37. The summed E-state index contributed by atoms with van der Waals surface area (Å²) in [6.45, 7) is 0.748. The zero-order chi connectivity index (χ0) is 13.1. The van der Waals surface area contributed by atoms with Crippen LogP contribution in [0.3, 0.4) is 0 Å². The Labute approximate surface area is 111 Å². The van der Waals surface area contributed by atoms with Crippen LogP contribution < -0.4 is 5.69 Å².